The molecule has 3 amide bonds. The molecule has 0 unspecified atom stereocenters. The van der Waals surface area contributed by atoms with Crippen LogP contribution in [0.3, 0.4) is 0 Å². The summed E-state index contributed by atoms with van der Waals surface area (Å²) in [7, 11) is 0. The van der Waals surface area contributed by atoms with Gasteiger partial charge < -0.3 is 10.1 Å². The molecule has 0 aliphatic carbocycles. The number of aryl methyl sites for hydroxylation is 1. The van der Waals surface area contributed by atoms with Gasteiger partial charge >= 0.3 is 12.0 Å². The summed E-state index contributed by atoms with van der Waals surface area (Å²) in [4.78, 5) is 37.0. The Kier molecular flexibility index (Phi) is 5.77. The third kappa shape index (κ3) is 4.05. The Hall–Kier alpha value is -3.16. The van der Waals surface area contributed by atoms with Crippen molar-refractivity contribution in [3.8, 4) is 5.69 Å². The monoisotopic (exact) mass is 384 g/mol. The molecule has 28 heavy (non-hydrogen) atoms. The molecule has 1 aliphatic heterocycles. The van der Waals surface area contributed by atoms with Gasteiger partial charge in [0.2, 0.25) is 0 Å². The van der Waals surface area contributed by atoms with Crippen molar-refractivity contribution in [2.45, 2.75) is 39.7 Å². The van der Waals surface area contributed by atoms with Crippen molar-refractivity contribution < 1.29 is 19.1 Å². The van der Waals surface area contributed by atoms with Crippen LogP contribution in [-0.4, -0.2) is 51.8 Å². The smallest absolute Gasteiger partial charge is 0.324 e. The van der Waals surface area contributed by atoms with Gasteiger partial charge in [-0.3, -0.25) is 14.5 Å². The van der Waals surface area contributed by atoms with Crippen LogP contribution in [0.4, 0.5) is 4.79 Å². The zero-order chi connectivity index (χ0) is 20.3. The lowest BCUT2D eigenvalue weighted by Crippen LogP contribution is -2.41. The molecule has 0 radical (unpaired) electrons. The summed E-state index contributed by atoms with van der Waals surface area (Å²) in [5.41, 5.74) is 3.76. The lowest BCUT2D eigenvalue weighted by molar-refractivity contribution is -0.157. The second-order valence-corrected chi connectivity index (χ2v) is 6.75. The van der Waals surface area contributed by atoms with E-state index >= 15 is 0 Å². The average Bonchev–Trinajstić information content (AvgIpc) is 3.23. The van der Waals surface area contributed by atoms with Crippen LogP contribution in [0.5, 0.6) is 0 Å². The minimum atomic E-state index is -0.995. The quantitative estimate of drug-likeness (QED) is 0.768. The fraction of sp³-hybridized carbons (Fsp3) is 0.400. The van der Waals surface area contributed by atoms with E-state index in [0.29, 0.717) is 13.0 Å². The first-order chi connectivity index (χ1) is 13.4. The van der Waals surface area contributed by atoms with Crippen LogP contribution in [0.25, 0.3) is 5.69 Å². The average molecular weight is 384 g/mol. The van der Waals surface area contributed by atoms with E-state index in [9.17, 15) is 14.4 Å². The molecule has 1 aromatic heterocycles. The van der Waals surface area contributed by atoms with Gasteiger partial charge in [0.25, 0.3) is 5.91 Å². The normalized spacial score (nSPS) is 14.7. The standard InChI is InChI=1S/C20H24N4O4/c1-13-17(14(2)24(22-13)16-7-5-4-6-8-16)9-10-18(25)28-15(3)19(26)23-12-11-21-20(23)27/h4-8,15H,9-12H2,1-3H3,(H,21,27)/t15-/m1/s1. The van der Waals surface area contributed by atoms with Crippen molar-refractivity contribution in [3.63, 3.8) is 0 Å². The molecule has 1 atom stereocenters. The fourth-order valence-electron chi connectivity index (χ4n) is 3.29. The number of nitrogens with zero attached hydrogens (tertiary/aromatic N) is 3. The molecule has 0 bridgehead atoms. The number of carbonyl (C=O) groups excluding carboxylic acids is 3. The summed E-state index contributed by atoms with van der Waals surface area (Å²) >= 11 is 0. The van der Waals surface area contributed by atoms with Crippen molar-refractivity contribution in [2.24, 2.45) is 0 Å². The maximum absolute atomic E-state index is 12.2. The number of rotatable bonds is 6. The van der Waals surface area contributed by atoms with Crippen molar-refractivity contribution in [2.75, 3.05) is 13.1 Å². The van der Waals surface area contributed by atoms with Gasteiger partial charge in [-0.1, -0.05) is 18.2 Å². The number of hydrogen-bond acceptors (Lipinski definition) is 5. The van der Waals surface area contributed by atoms with Crippen molar-refractivity contribution >= 4 is 17.9 Å². The zero-order valence-corrected chi connectivity index (χ0v) is 16.3. The molecule has 1 aromatic carbocycles. The summed E-state index contributed by atoms with van der Waals surface area (Å²) in [5, 5.41) is 7.12. The van der Waals surface area contributed by atoms with Gasteiger partial charge in [0.1, 0.15) is 0 Å². The molecule has 0 spiro atoms. The van der Waals surface area contributed by atoms with E-state index in [1.54, 1.807) is 0 Å². The summed E-state index contributed by atoms with van der Waals surface area (Å²) in [6.45, 7) is 6.05. The Balaban J connectivity index is 1.60. The molecule has 1 saturated heterocycles. The van der Waals surface area contributed by atoms with Gasteiger partial charge in [-0.25, -0.2) is 9.48 Å². The first-order valence-corrected chi connectivity index (χ1v) is 9.27. The second-order valence-electron chi connectivity index (χ2n) is 6.75. The number of nitrogens with one attached hydrogen (secondary N) is 1. The first-order valence-electron chi connectivity index (χ1n) is 9.27. The molecule has 148 valence electrons. The molecule has 0 saturated carbocycles. The van der Waals surface area contributed by atoms with E-state index in [4.69, 9.17) is 4.74 Å². The first kappa shape index (κ1) is 19.6. The number of carbonyl (C=O) groups is 3. The van der Waals surface area contributed by atoms with E-state index in [0.717, 1.165) is 27.5 Å². The largest absolute Gasteiger partial charge is 0.453 e. The lowest BCUT2D eigenvalue weighted by Gasteiger charge is -2.18. The number of amides is 3. The van der Waals surface area contributed by atoms with Crippen LogP contribution < -0.4 is 5.32 Å². The van der Waals surface area contributed by atoms with E-state index in [-0.39, 0.29) is 13.0 Å². The highest BCUT2D eigenvalue weighted by atomic mass is 16.5. The molecule has 8 nitrogen and oxygen atoms in total. The van der Waals surface area contributed by atoms with Crippen molar-refractivity contribution in [1.82, 2.24) is 20.0 Å². The zero-order valence-electron chi connectivity index (χ0n) is 16.3. The molecule has 3 rings (SSSR count). The van der Waals surface area contributed by atoms with Crippen LogP contribution in [-0.2, 0) is 20.7 Å². The van der Waals surface area contributed by atoms with Gasteiger partial charge in [-0.05, 0) is 44.9 Å². The number of ether oxygens (including phenoxy) is 1. The molecule has 1 fully saturated rings. The van der Waals surface area contributed by atoms with Crippen LogP contribution in [0.1, 0.15) is 30.3 Å². The molecular weight excluding hydrogens is 360 g/mol. The summed E-state index contributed by atoms with van der Waals surface area (Å²) in [5.74, 6) is -0.987. The van der Waals surface area contributed by atoms with Gasteiger partial charge in [0, 0.05) is 25.2 Å². The number of hydrogen-bond donors (Lipinski definition) is 1. The molecule has 1 aliphatic rings. The number of urea groups is 1. The van der Waals surface area contributed by atoms with E-state index < -0.39 is 24.0 Å². The van der Waals surface area contributed by atoms with Crippen LogP contribution in [0.15, 0.2) is 30.3 Å². The van der Waals surface area contributed by atoms with Gasteiger partial charge in [0.05, 0.1) is 11.4 Å². The maximum Gasteiger partial charge on any atom is 0.324 e. The van der Waals surface area contributed by atoms with Crippen LogP contribution in [0, 0.1) is 13.8 Å². The maximum atomic E-state index is 12.2. The lowest BCUT2D eigenvalue weighted by atomic mass is 10.1. The highest BCUT2D eigenvalue weighted by Crippen LogP contribution is 2.19. The molecular formula is C20H24N4O4. The van der Waals surface area contributed by atoms with Gasteiger partial charge in [-0.2, -0.15) is 5.10 Å². The number of para-hydroxylation sites is 1. The Labute approximate surface area is 163 Å². The Bertz CT molecular complexity index is 891. The molecule has 1 N–H and O–H groups in total. The van der Waals surface area contributed by atoms with Crippen molar-refractivity contribution in [3.05, 3.63) is 47.3 Å². The highest BCUT2D eigenvalue weighted by molar-refractivity contribution is 5.98. The van der Waals surface area contributed by atoms with E-state index in [2.05, 4.69) is 10.4 Å². The van der Waals surface area contributed by atoms with Crippen molar-refractivity contribution in [1.29, 1.82) is 0 Å². The molecule has 2 heterocycles. The van der Waals surface area contributed by atoms with E-state index in [1.165, 1.54) is 6.92 Å². The topological polar surface area (TPSA) is 93.5 Å². The van der Waals surface area contributed by atoms with E-state index in [1.807, 2.05) is 48.9 Å². The Morgan fingerprint density at radius 2 is 1.96 bits per heavy atom. The Morgan fingerprint density at radius 3 is 2.61 bits per heavy atom. The summed E-state index contributed by atoms with van der Waals surface area (Å²) in [6, 6.07) is 9.33. The number of imide groups is 1. The number of aromatic nitrogens is 2. The Morgan fingerprint density at radius 1 is 1.25 bits per heavy atom. The van der Waals surface area contributed by atoms with Crippen LogP contribution in [0.2, 0.25) is 0 Å². The minimum absolute atomic E-state index is 0.131. The predicted octanol–water partition coefficient (Wildman–Crippen LogP) is 1.91. The summed E-state index contributed by atoms with van der Waals surface area (Å²) < 4.78 is 7.08. The van der Waals surface area contributed by atoms with Crippen LogP contribution >= 0.6 is 0 Å². The molecule has 2 aromatic rings. The van der Waals surface area contributed by atoms with Gasteiger partial charge in [0.15, 0.2) is 6.10 Å². The second kappa shape index (κ2) is 8.24. The summed E-state index contributed by atoms with van der Waals surface area (Å²) in [6.07, 6.45) is -0.397. The highest BCUT2D eigenvalue weighted by Gasteiger charge is 2.31. The third-order valence-corrected chi connectivity index (χ3v) is 4.80. The SMILES string of the molecule is Cc1nn(-c2ccccc2)c(C)c1CCC(=O)O[C@H](C)C(=O)N1CCNC1=O. The predicted molar refractivity (Wildman–Crippen MR) is 102 cm³/mol. The molecule has 8 heteroatoms. The number of benzene rings is 1. The minimum Gasteiger partial charge on any atom is -0.453 e. The van der Waals surface area contributed by atoms with Gasteiger partial charge in [-0.15, -0.1) is 0 Å². The third-order valence-electron chi connectivity index (χ3n) is 4.80. The fourth-order valence-corrected chi connectivity index (χ4v) is 3.29. The number of esters is 1.